The third-order valence-corrected chi connectivity index (χ3v) is 3.32. The van der Waals surface area contributed by atoms with Crippen molar-refractivity contribution >= 4 is 0 Å². The van der Waals surface area contributed by atoms with Gasteiger partial charge in [-0.25, -0.2) is 0 Å². The Labute approximate surface area is 118 Å². The number of nitrogens with two attached hydrogens (primary N) is 1. The molecule has 2 N–H and O–H groups in total. The Kier molecular flexibility index (Phi) is 4.92. The van der Waals surface area contributed by atoms with Gasteiger partial charge in [-0.3, -0.25) is 4.90 Å². The molecule has 0 amide bonds. The van der Waals surface area contributed by atoms with Gasteiger partial charge >= 0.3 is 0 Å². The molecule has 6 heteroatoms. The van der Waals surface area contributed by atoms with Crippen LogP contribution >= 0.6 is 0 Å². The molecule has 2 rings (SSSR count). The highest BCUT2D eigenvalue weighted by Gasteiger charge is 2.14. The van der Waals surface area contributed by atoms with Crippen molar-refractivity contribution in [1.29, 1.82) is 0 Å². The zero-order valence-electron chi connectivity index (χ0n) is 12.2. The highest BCUT2D eigenvalue weighted by molar-refractivity contribution is 5.44. The van der Waals surface area contributed by atoms with Crippen molar-refractivity contribution in [2.24, 2.45) is 11.7 Å². The van der Waals surface area contributed by atoms with E-state index in [-0.39, 0.29) is 6.04 Å². The summed E-state index contributed by atoms with van der Waals surface area (Å²) in [6.07, 6.45) is 2.54. The Morgan fingerprint density at radius 2 is 2.20 bits per heavy atom. The first-order valence-electron chi connectivity index (χ1n) is 6.87. The lowest BCUT2D eigenvalue weighted by Gasteiger charge is -2.19. The summed E-state index contributed by atoms with van der Waals surface area (Å²) in [5.41, 5.74) is 6.04. The largest absolute Gasteiger partial charge is 0.461 e. The van der Waals surface area contributed by atoms with Crippen LogP contribution in [-0.2, 0) is 6.54 Å². The maximum Gasteiger partial charge on any atom is 0.241 e. The SMILES string of the molecule is CC(C)C(N)CCN(C)Cc1nc(-c2ccco2)no1. The van der Waals surface area contributed by atoms with Gasteiger partial charge in [-0.1, -0.05) is 19.0 Å². The average molecular weight is 278 g/mol. The molecule has 2 aromatic heterocycles. The van der Waals surface area contributed by atoms with Crippen LogP contribution in [0.4, 0.5) is 0 Å². The smallest absolute Gasteiger partial charge is 0.241 e. The maximum absolute atomic E-state index is 6.04. The maximum atomic E-state index is 6.04. The lowest BCUT2D eigenvalue weighted by Crippen LogP contribution is -2.31. The van der Waals surface area contributed by atoms with Gasteiger partial charge in [-0.05, 0) is 38.1 Å². The van der Waals surface area contributed by atoms with Crippen LogP contribution in [0.15, 0.2) is 27.3 Å². The molecule has 0 bridgehead atoms. The van der Waals surface area contributed by atoms with E-state index < -0.39 is 0 Å². The first-order chi connectivity index (χ1) is 9.56. The van der Waals surface area contributed by atoms with Crippen molar-refractivity contribution in [3.05, 3.63) is 24.3 Å². The minimum absolute atomic E-state index is 0.221. The van der Waals surface area contributed by atoms with E-state index in [4.69, 9.17) is 14.7 Å². The molecular weight excluding hydrogens is 256 g/mol. The Morgan fingerprint density at radius 1 is 1.40 bits per heavy atom. The van der Waals surface area contributed by atoms with Crippen molar-refractivity contribution in [2.45, 2.75) is 32.9 Å². The number of hydrogen-bond acceptors (Lipinski definition) is 6. The van der Waals surface area contributed by atoms with Crippen LogP contribution in [0.1, 0.15) is 26.2 Å². The predicted molar refractivity (Wildman–Crippen MR) is 75.8 cm³/mol. The number of rotatable bonds is 7. The number of hydrogen-bond donors (Lipinski definition) is 1. The highest BCUT2D eigenvalue weighted by Crippen LogP contribution is 2.16. The third kappa shape index (κ3) is 3.91. The van der Waals surface area contributed by atoms with Gasteiger partial charge in [-0.2, -0.15) is 4.98 Å². The molecule has 1 atom stereocenters. The summed E-state index contributed by atoms with van der Waals surface area (Å²) < 4.78 is 10.4. The molecular formula is C14H22N4O2. The second-order valence-corrected chi connectivity index (χ2v) is 5.42. The minimum atomic E-state index is 0.221. The van der Waals surface area contributed by atoms with Gasteiger partial charge in [0.25, 0.3) is 0 Å². The molecule has 0 fully saturated rings. The third-order valence-electron chi connectivity index (χ3n) is 3.32. The fourth-order valence-corrected chi connectivity index (χ4v) is 1.84. The second-order valence-electron chi connectivity index (χ2n) is 5.42. The topological polar surface area (TPSA) is 81.3 Å². The van der Waals surface area contributed by atoms with Crippen LogP contribution in [0.5, 0.6) is 0 Å². The fourth-order valence-electron chi connectivity index (χ4n) is 1.84. The Balaban J connectivity index is 1.84. The van der Waals surface area contributed by atoms with E-state index in [1.165, 1.54) is 0 Å². The normalized spacial score (nSPS) is 13.3. The van der Waals surface area contributed by atoms with E-state index >= 15 is 0 Å². The van der Waals surface area contributed by atoms with E-state index in [0.29, 0.717) is 29.9 Å². The summed E-state index contributed by atoms with van der Waals surface area (Å²) in [5.74, 6) is 2.18. The van der Waals surface area contributed by atoms with Crippen molar-refractivity contribution in [2.75, 3.05) is 13.6 Å². The van der Waals surface area contributed by atoms with Gasteiger partial charge in [0.1, 0.15) is 0 Å². The van der Waals surface area contributed by atoms with Crippen molar-refractivity contribution < 1.29 is 8.94 Å². The van der Waals surface area contributed by atoms with Gasteiger partial charge in [0, 0.05) is 6.04 Å². The van der Waals surface area contributed by atoms with Gasteiger partial charge in [0.05, 0.1) is 12.8 Å². The summed E-state index contributed by atoms with van der Waals surface area (Å²) >= 11 is 0. The van der Waals surface area contributed by atoms with Crippen molar-refractivity contribution in [3.8, 4) is 11.6 Å². The summed E-state index contributed by atoms with van der Waals surface area (Å²) in [5, 5.41) is 3.90. The first kappa shape index (κ1) is 14.7. The first-order valence-corrected chi connectivity index (χ1v) is 6.87. The van der Waals surface area contributed by atoms with Crippen molar-refractivity contribution in [3.63, 3.8) is 0 Å². The van der Waals surface area contributed by atoms with Crippen LogP contribution in [-0.4, -0.2) is 34.7 Å². The van der Waals surface area contributed by atoms with E-state index in [0.717, 1.165) is 13.0 Å². The molecule has 110 valence electrons. The molecule has 0 spiro atoms. The molecule has 20 heavy (non-hydrogen) atoms. The number of furan rings is 1. The second kappa shape index (κ2) is 6.67. The monoisotopic (exact) mass is 278 g/mol. The molecule has 1 unspecified atom stereocenters. The number of aromatic nitrogens is 2. The minimum Gasteiger partial charge on any atom is -0.461 e. The number of nitrogens with zero attached hydrogens (tertiary/aromatic N) is 3. The molecule has 0 radical (unpaired) electrons. The van der Waals surface area contributed by atoms with E-state index in [1.54, 1.807) is 18.4 Å². The van der Waals surface area contributed by atoms with Gasteiger partial charge < -0.3 is 14.7 Å². The molecule has 0 aliphatic heterocycles. The van der Waals surface area contributed by atoms with E-state index in [9.17, 15) is 0 Å². The van der Waals surface area contributed by atoms with Gasteiger partial charge in [0.2, 0.25) is 11.7 Å². The summed E-state index contributed by atoms with van der Waals surface area (Å²) in [4.78, 5) is 6.44. The Hall–Kier alpha value is -1.66. The van der Waals surface area contributed by atoms with Crippen LogP contribution in [0.2, 0.25) is 0 Å². The standard InChI is InChI=1S/C14H22N4O2/c1-10(2)11(15)6-7-18(3)9-13-16-14(17-20-13)12-5-4-8-19-12/h4-5,8,10-11H,6-7,9,15H2,1-3H3. The lowest BCUT2D eigenvalue weighted by molar-refractivity contribution is 0.252. The van der Waals surface area contributed by atoms with Crippen LogP contribution in [0, 0.1) is 5.92 Å². The predicted octanol–water partition coefficient (Wildman–Crippen LogP) is 2.13. The summed E-state index contributed by atoms with van der Waals surface area (Å²) in [6, 6.07) is 3.82. The zero-order chi connectivity index (χ0) is 14.5. The highest BCUT2D eigenvalue weighted by atomic mass is 16.5. The van der Waals surface area contributed by atoms with Crippen LogP contribution in [0.25, 0.3) is 11.6 Å². The molecule has 0 saturated carbocycles. The van der Waals surface area contributed by atoms with Gasteiger partial charge in [0.15, 0.2) is 5.76 Å². The Bertz CT molecular complexity index is 507. The molecule has 6 nitrogen and oxygen atoms in total. The lowest BCUT2D eigenvalue weighted by atomic mass is 10.0. The summed E-state index contributed by atoms with van der Waals surface area (Å²) in [6.45, 7) is 5.78. The van der Waals surface area contributed by atoms with E-state index in [1.807, 2.05) is 7.05 Å². The van der Waals surface area contributed by atoms with Crippen LogP contribution < -0.4 is 5.73 Å². The molecule has 0 aliphatic carbocycles. The van der Waals surface area contributed by atoms with Crippen molar-refractivity contribution in [1.82, 2.24) is 15.0 Å². The molecule has 0 aromatic carbocycles. The quantitative estimate of drug-likeness (QED) is 0.835. The Morgan fingerprint density at radius 3 is 2.85 bits per heavy atom. The zero-order valence-corrected chi connectivity index (χ0v) is 12.2. The molecule has 0 saturated heterocycles. The van der Waals surface area contributed by atoms with E-state index in [2.05, 4.69) is 28.9 Å². The summed E-state index contributed by atoms with van der Waals surface area (Å²) in [7, 11) is 2.02. The molecule has 2 aromatic rings. The van der Waals surface area contributed by atoms with Crippen LogP contribution in [0.3, 0.4) is 0 Å². The van der Waals surface area contributed by atoms with Gasteiger partial charge in [-0.15, -0.1) is 0 Å². The average Bonchev–Trinajstić information content (AvgIpc) is 3.05. The fraction of sp³-hybridized carbons (Fsp3) is 0.571. The molecule has 2 heterocycles. The molecule has 0 aliphatic rings.